The summed E-state index contributed by atoms with van der Waals surface area (Å²) in [5, 5.41) is 11.1. The topological polar surface area (TPSA) is 54.0 Å². The molecule has 1 heterocycles. The number of hydrogen-bond acceptors (Lipinski definition) is 4. The molecule has 5 heteroatoms. The van der Waals surface area contributed by atoms with Crippen molar-refractivity contribution in [2.24, 2.45) is 5.92 Å². The van der Waals surface area contributed by atoms with Crippen molar-refractivity contribution in [1.29, 1.82) is 0 Å². The summed E-state index contributed by atoms with van der Waals surface area (Å²) in [6.07, 6.45) is 0.969. The number of nitrogens with one attached hydrogen (secondary N) is 2. The maximum atomic E-state index is 12.1. The Morgan fingerprint density at radius 1 is 1.17 bits per heavy atom. The van der Waals surface area contributed by atoms with Gasteiger partial charge in [0.25, 0.3) is 5.91 Å². The minimum absolute atomic E-state index is 0.113. The zero-order valence-electron chi connectivity index (χ0n) is 13.9. The number of thiazole rings is 1. The molecule has 2 aromatic carbocycles. The van der Waals surface area contributed by atoms with E-state index in [2.05, 4.69) is 47.7 Å². The van der Waals surface area contributed by atoms with Gasteiger partial charge in [-0.2, -0.15) is 0 Å². The average Bonchev–Trinajstić information content (AvgIpc) is 3.03. The first-order valence-electron chi connectivity index (χ1n) is 8.12. The lowest BCUT2D eigenvalue weighted by molar-refractivity contribution is 0.0948. The van der Waals surface area contributed by atoms with Crippen LogP contribution in [0.15, 0.2) is 47.8 Å². The first kappa shape index (κ1) is 16.5. The SMILES string of the molecule is CC(C)CCNC(=O)c1csc(Nc2cccc3ccccc23)n1. The number of aromatic nitrogens is 1. The second kappa shape index (κ2) is 7.45. The van der Waals surface area contributed by atoms with E-state index in [9.17, 15) is 4.79 Å². The summed E-state index contributed by atoms with van der Waals surface area (Å²) in [5.74, 6) is 0.460. The Morgan fingerprint density at radius 3 is 2.79 bits per heavy atom. The highest BCUT2D eigenvalue weighted by Gasteiger charge is 2.11. The molecule has 3 aromatic rings. The maximum Gasteiger partial charge on any atom is 0.270 e. The molecule has 0 atom stereocenters. The average molecular weight is 339 g/mol. The summed E-state index contributed by atoms with van der Waals surface area (Å²) in [5.41, 5.74) is 1.46. The van der Waals surface area contributed by atoms with Crippen LogP contribution in [0.4, 0.5) is 10.8 Å². The molecule has 2 N–H and O–H groups in total. The van der Waals surface area contributed by atoms with Gasteiger partial charge in [0.2, 0.25) is 0 Å². The van der Waals surface area contributed by atoms with Crippen LogP contribution in [0.25, 0.3) is 10.8 Å². The first-order chi connectivity index (χ1) is 11.6. The second-order valence-electron chi connectivity index (χ2n) is 6.13. The van der Waals surface area contributed by atoms with Crippen LogP contribution in [0.3, 0.4) is 0 Å². The van der Waals surface area contributed by atoms with E-state index < -0.39 is 0 Å². The van der Waals surface area contributed by atoms with Gasteiger partial charge in [0, 0.05) is 23.0 Å². The normalized spacial score (nSPS) is 11.0. The molecule has 0 fully saturated rings. The van der Waals surface area contributed by atoms with E-state index >= 15 is 0 Å². The number of anilines is 2. The Labute approximate surface area is 145 Å². The van der Waals surface area contributed by atoms with Crippen molar-refractivity contribution in [2.75, 3.05) is 11.9 Å². The van der Waals surface area contributed by atoms with Crippen molar-refractivity contribution in [2.45, 2.75) is 20.3 Å². The number of amides is 1. The smallest absolute Gasteiger partial charge is 0.270 e. The van der Waals surface area contributed by atoms with Crippen LogP contribution in [0.5, 0.6) is 0 Å². The Hall–Kier alpha value is -2.40. The molecule has 0 unspecified atom stereocenters. The van der Waals surface area contributed by atoms with Crippen molar-refractivity contribution in [3.8, 4) is 0 Å². The van der Waals surface area contributed by atoms with Crippen molar-refractivity contribution >= 4 is 38.8 Å². The van der Waals surface area contributed by atoms with E-state index in [0.29, 0.717) is 18.2 Å². The minimum Gasteiger partial charge on any atom is -0.351 e. The highest BCUT2D eigenvalue weighted by Crippen LogP contribution is 2.27. The van der Waals surface area contributed by atoms with Crippen molar-refractivity contribution in [3.05, 3.63) is 53.5 Å². The molecule has 0 aliphatic heterocycles. The number of hydrogen-bond donors (Lipinski definition) is 2. The van der Waals surface area contributed by atoms with Gasteiger partial charge in [-0.15, -0.1) is 11.3 Å². The fourth-order valence-electron chi connectivity index (χ4n) is 2.45. The molecule has 3 rings (SSSR count). The van der Waals surface area contributed by atoms with E-state index in [1.165, 1.54) is 16.7 Å². The number of carbonyl (C=O) groups is 1. The van der Waals surface area contributed by atoms with Crippen LogP contribution < -0.4 is 10.6 Å². The van der Waals surface area contributed by atoms with Gasteiger partial charge < -0.3 is 10.6 Å². The predicted octanol–water partition coefficient (Wildman–Crippen LogP) is 4.82. The van der Waals surface area contributed by atoms with Crippen LogP contribution >= 0.6 is 11.3 Å². The lowest BCUT2D eigenvalue weighted by atomic mass is 10.1. The summed E-state index contributed by atoms with van der Waals surface area (Å²) >= 11 is 1.44. The predicted molar refractivity (Wildman–Crippen MR) is 101 cm³/mol. The number of rotatable bonds is 6. The lowest BCUT2D eigenvalue weighted by Crippen LogP contribution is -2.25. The second-order valence-corrected chi connectivity index (χ2v) is 6.99. The number of carbonyl (C=O) groups excluding carboxylic acids is 1. The van der Waals surface area contributed by atoms with Crippen LogP contribution in [-0.2, 0) is 0 Å². The molecule has 24 heavy (non-hydrogen) atoms. The first-order valence-corrected chi connectivity index (χ1v) is 9.00. The molecule has 0 aliphatic carbocycles. The van der Waals surface area contributed by atoms with Crippen molar-refractivity contribution in [1.82, 2.24) is 10.3 Å². The van der Waals surface area contributed by atoms with E-state index in [1.54, 1.807) is 5.38 Å². The monoisotopic (exact) mass is 339 g/mol. The number of fused-ring (bicyclic) bond motifs is 1. The fourth-order valence-corrected chi connectivity index (χ4v) is 3.15. The third kappa shape index (κ3) is 3.92. The zero-order chi connectivity index (χ0) is 16.9. The molecule has 0 bridgehead atoms. The molecule has 1 aromatic heterocycles. The Balaban J connectivity index is 1.70. The molecule has 0 saturated heterocycles. The molecular weight excluding hydrogens is 318 g/mol. The largest absolute Gasteiger partial charge is 0.351 e. The van der Waals surface area contributed by atoms with Gasteiger partial charge in [0.15, 0.2) is 5.13 Å². The van der Waals surface area contributed by atoms with Gasteiger partial charge in [-0.1, -0.05) is 50.2 Å². The lowest BCUT2D eigenvalue weighted by Gasteiger charge is -2.07. The molecule has 124 valence electrons. The van der Waals surface area contributed by atoms with Crippen LogP contribution in [0.2, 0.25) is 0 Å². The van der Waals surface area contributed by atoms with Crippen molar-refractivity contribution < 1.29 is 4.79 Å². The summed E-state index contributed by atoms with van der Waals surface area (Å²) in [6, 6.07) is 14.3. The highest BCUT2D eigenvalue weighted by molar-refractivity contribution is 7.14. The summed E-state index contributed by atoms with van der Waals surface area (Å²) in [4.78, 5) is 16.5. The highest BCUT2D eigenvalue weighted by atomic mass is 32.1. The number of benzene rings is 2. The Kier molecular flexibility index (Phi) is 5.11. The molecule has 0 spiro atoms. The zero-order valence-corrected chi connectivity index (χ0v) is 14.7. The van der Waals surface area contributed by atoms with Gasteiger partial charge >= 0.3 is 0 Å². The van der Waals surface area contributed by atoms with E-state index in [4.69, 9.17) is 0 Å². The Bertz CT molecular complexity index is 836. The molecule has 0 aliphatic rings. The van der Waals surface area contributed by atoms with Gasteiger partial charge in [0.05, 0.1) is 0 Å². The van der Waals surface area contributed by atoms with E-state index in [-0.39, 0.29) is 5.91 Å². The van der Waals surface area contributed by atoms with Gasteiger partial charge in [-0.3, -0.25) is 4.79 Å². The minimum atomic E-state index is -0.113. The summed E-state index contributed by atoms with van der Waals surface area (Å²) in [6.45, 7) is 4.96. The van der Waals surface area contributed by atoms with Crippen molar-refractivity contribution in [3.63, 3.8) is 0 Å². The van der Waals surface area contributed by atoms with Gasteiger partial charge in [0.1, 0.15) is 5.69 Å². The van der Waals surface area contributed by atoms with Crippen LogP contribution in [0, 0.1) is 5.92 Å². The van der Waals surface area contributed by atoms with Gasteiger partial charge in [-0.05, 0) is 23.8 Å². The molecule has 0 radical (unpaired) electrons. The van der Waals surface area contributed by atoms with Crippen LogP contribution in [-0.4, -0.2) is 17.4 Å². The third-order valence-corrected chi connectivity index (χ3v) is 4.53. The van der Waals surface area contributed by atoms with E-state index in [1.807, 2.05) is 24.3 Å². The van der Waals surface area contributed by atoms with Gasteiger partial charge in [-0.25, -0.2) is 4.98 Å². The van der Waals surface area contributed by atoms with Crippen LogP contribution in [0.1, 0.15) is 30.8 Å². The molecule has 0 saturated carbocycles. The molecule has 4 nitrogen and oxygen atoms in total. The molecular formula is C19H21N3OS. The maximum absolute atomic E-state index is 12.1. The quantitative estimate of drug-likeness (QED) is 0.677. The number of nitrogens with zero attached hydrogens (tertiary/aromatic N) is 1. The fraction of sp³-hybridized carbons (Fsp3) is 0.263. The standard InChI is InChI=1S/C19H21N3OS/c1-13(2)10-11-20-18(23)17-12-24-19(22-17)21-16-9-5-7-14-6-3-4-8-15(14)16/h3-9,12-13H,10-11H2,1-2H3,(H,20,23)(H,21,22). The summed E-state index contributed by atoms with van der Waals surface area (Å²) in [7, 11) is 0. The Morgan fingerprint density at radius 2 is 1.96 bits per heavy atom. The van der Waals surface area contributed by atoms with E-state index in [0.717, 1.165) is 22.6 Å². The molecule has 1 amide bonds. The third-order valence-electron chi connectivity index (χ3n) is 3.78. The summed E-state index contributed by atoms with van der Waals surface area (Å²) < 4.78 is 0.